The van der Waals surface area contributed by atoms with Crippen molar-refractivity contribution in [3.05, 3.63) is 0 Å². The van der Waals surface area contributed by atoms with Crippen LogP contribution < -0.4 is 0 Å². The Labute approximate surface area is 104 Å². The monoisotopic (exact) mass is 243 g/mol. The summed E-state index contributed by atoms with van der Waals surface area (Å²) in [5.41, 5.74) is -1.15. The average molecular weight is 243 g/mol. The molecule has 1 fully saturated rings. The summed E-state index contributed by atoms with van der Waals surface area (Å²) in [6.07, 6.45) is 1.27. The lowest BCUT2D eigenvalue weighted by molar-refractivity contribution is -0.00677. The fourth-order valence-electron chi connectivity index (χ4n) is 1.99. The van der Waals surface area contributed by atoms with Gasteiger partial charge >= 0.3 is 6.09 Å². The van der Waals surface area contributed by atoms with Crippen molar-refractivity contribution < 1.29 is 14.6 Å². The third-order valence-corrected chi connectivity index (χ3v) is 3.32. The number of aliphatic hydroxyl groups is 1. The second-order valence-corrected chi connectivity index (χ2v) is 6.29. The molecule has 1 aliphatic rings. The molecule has 2 unspecified atom stereocenters. The summed E-state index contributed by atoms with van der Waals surface area (Å²) in [5.74, 6) is 0.0671. The number of likely N-dealkylation sites (tertiary alicyclic amines) is 1. The van der Waals surface area contributed by atoms with E-state index in [1.807, 2.05) is 34.6 Å². The van der Waals surface area contributed by atoms with Crippen molar-refractivity contribution in [2.75, 3.05) is 13.1 Å². The lowest BCUT2D eigenvalue weighted by atomic mass is 9.88. The van der Waals surface area contributed by atoms with Crippen LogP contribution in [0.25, 0.3) is 0 Å². The summed E-state index contributed by atoms with van der Waals surface area (Å²) in [6, 6.07) is 0. The minimum atomic E-state index is -0.684. The topological polar surface area (TPSA) is 49.8 Å². The SMILES string of the molecule is CC1CN(C(=O)OC(C)(C)C)CCCC1(C)O. The number of nitrogens with zero attached hydrogens (tertiary/aromatic N) is 1. The molecule has 17 heavy (non-hydrogen) atoms. The number of ether oxygens (including phenoxy) is 1. The van der Waals surface area contributed by atoms with Crippen LogP contribution in [0.4, 0.5) is 4.79 Å². The highest BCUT2D eigenvalue weighted by molar-refractivity contribution is 5.68. The molecule has 1 rings (SSSR count). The Morgan fingerprint density at radius 2 is 2.06 bits per heavy atom. The lowest BCUT2D eigenvalue weighted by Gasteiger charge is -2.31. The van der Waals surface area contributed by atoms with Gasteiger partial charge in [-0.05, 0) is 40.5 Å². The van der Waals surface area contributed by atoms with Gasteiger partial charge in [-0.2, -0.15) is 0 Å². The van der Waals surface area contributed by atoms with E-state index in [2.05, 4.69) is 0 Å². The standard InChI is InChI=1S/C13H25NO3/c1-10-9-14(8-6-7-13(10,5)16)11(15)17-12(2,3)4/h10,16H,6-9H2,1-5H3. The third kappa shape index (κ3) is 4.19. The predicted molar refractivity (Wildman–Crippen MR) is 66.8 cm³/mol. The van der Waals surface area contributed by atoms with Crippen molar-refractivity contribution in [2.45, 2.75) is 58.7 Å². The van der Waals surface area contributed by atoms with E-state index in [1.165, 1.54) is 0 Å². The second kappa shape index (κ2) is 4.84. The van der Waals surface area contributed by atoms with Crippen molar-refractivity contribution in [3.8, 4) is 0 Å². The Balaban J connectivity index is 2.64. The van der Waals surface area contributed by atoms with Gasteiger partial charge in [0.25, 0.3) is 0 Å². The third-order valence-electron chi connectivity index (χ3n) is 3.32. The first kappa shape index (κ1) is 14.3. The number of carbonyl (C=O) groups is 1. The van der Waals surface area contributed by atoms with Gasteiger partial charge in [-0.3, -0.25) is 0 Å². The first-order chi connectivity index (χ1) is 7.62. The lowest BCUT2D eigenvalue weighted by Crippen LogP contribution is -2.42. The van der Waals surface area contributed by atoms with Gasteiger partial charge in [0.15, 0.2) is 0 Å². The zero-order valence-electron chi connectivity index (χ0n) is 11.6. The van der Waals surface area contributed by atoms with Crippen LogP contribution in [-0.2, 0) is 4.74 Å². The van der Waals surface area contributed by atoms with Crippen molar-refractivity contribution in [1.82, 2.24) is 4.90 Å². The predicted octanol–water partition coefficient (Wildman–Crippen LogP) is 2.40. The first-order valence-electron chi connectivity index (χ1n) is 6.32. The molecule has 1 amide bonds. The van der Waals surface area contributed by atoms with E-state index in [0.717, 1.165) is 12.8 Å². The first-order valence-corrected chi connectivity index (χ1v) is 6.32. The summed E-state index contributed by atoms with van der Waals surface area (Å²) in [7, 11) is 0. The van der Waals surface area contributed by atoms with Crippen LogP contribution in [0.5, 0.6) is 0 Å². The molecule has 4 heteroatoms. The van der Waals surface area contributed by atoms with Crippen LogP contribution >= 0.6 is 0 Å². The van der Waals surface area contributed by atoms with Gasteiger partial charge in [-0.15, -0.1) is 0 Å². The van der Waals surface area contributed by atoms with Gasteiger partial charge in [0, 0.05) is 19.0 Å². The van der Waals surface area contributed by atoms with E-state index < -0.39 is 11.2 Å². The van der Waals surface area contributed by atoms with Gasteiger partial charge in [0.1, 0.15) is 5.60 Å². The van der Waals surface area contributed by atoms with E-state index in [0.29, 0.717) is 13.1 Å². The minimum Gasteiger partial charge on any atom is -0.444 e. The summed E-state index contributed by atoms with van der Waals surface area (Å²) in [4.78, 5) is 13.7. The summed E-state index contributed by atoms with van der Waals surface area (Å²) < 4.78 is 5.35. The van der Waals surface area contributed by atoms with Gasteiger partial charge < -0.3 is 14.7 Å². The molecule has 0 aromatic rings. The van der Waals surface area contributed by atoms with E-state index in [1.54, 1.807) is 4.90 Å². The number of hydrogen-bond acceptors (Lipinski definition) is 3. The summed E-state index contributed by atoms with van der Waals surface area (Å²) in [5, 5.41) is 10.2. The zero-order valence-corrected chi connectivity index (χ0v) is 11.6. The smallest absolute Gasteiger partial charge is 0.410 e. The van der Waals surface area contributed by atoms with E-state index in [9.17, 15) is 9.90 Å². The molecule has 0 bridgehead atoms. The maximum absolute atomic E-state index is 11.9. The highest BCUT2D eigenvalue weighted by atomic mass is 16.6. The molecule has 100 valence electrons. The molecule has 1 aliphatic heterocycles. The average Bonchev–Trinajstić information content (AvgIpc) is 2.24. The Morgan fingerprint density at radius 3 is 2.59 bits per heavy atom. The molecule has 0 aliphatic carbocycles. The fraction of sp³-hybridized carbons (Fsp3) is 0.923. The van der Waals surface area contributed by atoms with Crippen LogP contribution in [0.1, 0.15) is 47.5 Å². The maximum Gasteiger partial charge on any atom is 0.410 e. The minimum absolute atomic E-state index is 0.0671. The van der Waals surface area contributed by atoms with Gasteiger partial charge in [-0.25, -0.2) is 4.79 Å². The molecule has 1 N–H and O–H groups in total. The normalized spacial score (nSPS) is 30.9. The number of rotatable bonds is 0. The Morgan fingerprint density at radius 1 is 1.47 bits per heavy atom. The van der Waals surface area contributed by atoms with Crippen molar-refractivity contribution in [2.24, 2.45) is 5.92 Å². The molecule has 0 spiro atoms. The largest absolute Gasteiger partial charge is 0.444 e. The molecule has 2 atom stereocenters. The van der Waals surface area contributed by atoms with E-state index >= 15 is 0 Å². The van der Waals surface area contributed by atoms with Gasteiger partial charge in [0.2, 0.25) is 0 Å². The molecule has 0 aromatic carbocycles. The Kier molecular flexibility index (Phi) is 4.07. The van der Waals surface area contributed by atoms with Crippen molar-refractivity contribution >= 4 is 6.09 Å². The highest BCUT2D eigenvalue weighted by Gasteiger charge is 2.34. The van der Waals surface area contributed by atoms with Crippen LogP contribution in [-0.4, -0.2) is 40.4 Å². The molecule has 0 aromatic heterocycles. The molecular weight excluding hydrogens is 218 g/mol. The molecule has 1 saturated heterocycles. The Hall–Kier alpha value is -0.770. The van der Waals surface area contributed by atoms with E-state index in [4.69, 9.17) is 4.74 Å². The van der Waals surface area contributed by atoms with Crippen LogP contribution in [0.15, 0.2) is 0 Å². The quantitative estimate of drug-likeness (QED) is 0.710. The zero-order chi connectivity index (χ0) is 13.3. The molecule has 0 radical (unpaired) electrons. The number of hydrogen-bond donors (Lipinski definition) is 1. The number of carbonyl (C=O) groups excluding carboxylic acids is 1. The van der Waals surface area contributed by atoms with E-state index in [-0.39, 0.29) is 12.0 Å². The summed E-state index contributed by atoms with van der Waals surface area (Å²) in [6.45, 7) is 10.6. The number of amides is 1. The summed E-state index contributed by atoms with van der Waals surface area (Å²) >= 11 is 0. The fourth-order valence-corrected chi connectivity index (χ4v) is 1.99. The molecule has 0 saturated carbocycles. The highest BCUT2D eigenvalue weighted by Crippen LogP contribution is 2.27. The Bertz CT molecular complexity index is 281. The van der Waals surface area contributed by atoms with Gasteiger partial charge in [0.05, 0.1) is 5.60 Å². The van der Waals surface area contributed by atoms with Crippen molar-refractivity contribution in [1.29, 1.82) is 0 Å². The van der Waals surface area contributed by atoms with Gasteiger partial charge in [-0.1, -0.05) is 6.92 Å². The van der Waals surface area contributed by atoms with Crippen LogP contribution in [0.3, 0.4) is 0 Å². The van der Waals surface area contributed by atoms with Crippen LogP contribution in [0, 0.1) is 5.92 Å². The molecular formula is C13H25NO3. The van der Waals surface area contributed by atoms with Crippen LogP contribution in [0.2, 0.25) is 0 Å². The van der Waals surface area contributed by atoms with Crippen molar-refractivity contribution in [3.63, 3.8) is 0 Å². The molecule has 4 nitrogen and oxygen atoms in total. The molecule has 1 heterocycles. The maximum atomic E-state index is 11.9. The second-order valence-electron chi connectivity index (χ2n) is 6.29.